The number of nitrogen functional groups attached to an aromatic ring is 1. The SMILES string of the molecule is Cc1c(-c2csc(N)n2)cnn1-c1ccccc1F. The third-order valence-corrected chi connectivity index (χ3v) is 3.56. The molecule has 3 aromatic rings. The van der Waals surface area contributed by atoms with Crippen LogP contribution in [0.15, 0.2) is 35.8 Å². The molecule has 0 aliphatic heterocycles. The normalized spacial score (nSPS) is 10.8. The van der Waals surface area contributed by atoms with Gasteiger partial charge in [0.15, 0.2) is 5.13 Å². The van der Waals surface area contributed by atoms with Crippen LogP contribution >= 0.6 is 11.3 Å². The first-order chi connectivity index (χ1) is 9.16. The Kier molecular flexibility index (Phi) is 2.79. The average Bonchev–Trinajstić information content (AvgIpc) is 2.97. The first-order valence-electron chi connectivity index (χ1n) is 5.67. The minimum Gasteiger partial charge on any atom is -0.375 e. The lowest BCUT2D eigenvalue weighted by Crippen LogP contribution is -2.01. The topological polar surface area (TPSA) is 56.7 Å². The molecule has 2 N–H and O–H groups in total. The van der Waals surface area contributed by atoms with Crippen LogP contribution in [0.3, 0.4) is 0 Å². The molecule has 1 aromatic carbocycles. The molecule has 0 aliphatic carbocycles. The van der Waals surface area contributed by atoms with Crippen molar-refractivity contribution >= 4 is 16.5 Å². The van der Waals surface area contributed by atoms with Crippen LogP contribution in [0.1, 0.15) is 5.69 Å². The maximum absolute atomic E-state index is 13.8. The Labute approximate surface area is 113 Å². The molecule has 0 spiro atoms. The highest BCUT2D eigenvalue weighted by Gasteiger charge is 2.14. The van der Waals surface area contributed by atoms with Gasteiger partial charge in [-0.05, 0) is 19.1 Å². The second kappa shape index (κ2) is 4.47. The summed E-state index contributed by atoms with van der Waals surface area (Å²) in [6.07, 6.45) is 1.68. The number of nitrogens with zero attached hydrogens (tertiary/aromatic N) is 3. The number of anilines is 1. The van der Waals surface area contributed by atoms with Crippen LogP contribution in [0.4, 0.5) is 9.52 Å². The van der Waals surface area contributed by atoms with Crippen molar-refractivity contribution in [2.45, 2.75) is 6.92 Å². The maximum Gasteiger partial charge on any atom is 0.180 e. The second-order valence-corrected chi connectivity index (χ2v) is 4.97. The molecule has 0 atom stereocenters. The Morgan fingerprint density at radius 1 is 1.32 bits per heavy atom. The van der Waals surface area contributed by atoms with Crippen molar-refractivity contribution in [3.8, 4) is 16.9 Å². The zero-order valence-corrected chi connectivity index (χ0v) is 11.0. The van der Waals surface area contributed by atoms with Crippen molar-refractivity contribution in [1.29, 1.82) is 0 Å². The van der Waals surface area contributed by atoms with Gasteiger partial charge >= 0.3 is 0 Å². The van der Waals surface area contributed by atoms with Crippen molar-refractivity contribution in [2.24, 2.45) is 0 Å². The smallest absolute Gasteiger partial charge is 0.180 e. The van der Waals surface area contributed by atoms with E-state index in [0.717, 1.165) is 17.0 Å². The van der Waals surface area contributed by atoms with Gasteiger partial charge in [-0.15, -0.1) is 11.3 Å². The van der Waals surface area contributed by atoms with Crippen LogP contribution in [0.25, 0.3) is 16.9 Å². The lowest BCUT2D eigenvalue weighted by molar-refractivity contribution is 0.608. The quantitative estimate of drug-likeness (QED) is 0.781. The molecule has 6 heteroatoms. The summed E-state index contributed by atoms with van der Waals surface area (Å²) in [5, 5.41) is 6.61. The van der Waals surface area contributed by atoms with Gasteiger partial charge in [-0.2, -0.15) is 5.10 Å². The van der Waals surface area contributed by atoms with E-state index in [0.29, 0.717) is 10.8 Å². The summed E-state index contributed by atoms with van der Waals surface area (Å²) in [6.45, 7) is 1.88. The highest BCUT2D eigenvalue weighted by atomic mass is 32.1. The number of para-hydroxylation sites is 1. The summed E-state index contributed by atoms with van der Waals surface area (Å²) in [7, 11) is 0. The Balaban J connectivity index is 2.12. The minimum atomic E-state index is -0.307. The van der Waals surface area contributed by atoms with Crippen molar-refractivity contribution < 1.29 is 4.39 Å². The Morgan fingerprint density at radius 2 is 2.11 bits per heavy atom. The molecule has 0 radical (unpaired) electrons. The van der Waals surface area contributed by atoms with Crippen LogP contribution in [0.2, 0.25) is 0 Å². The van der Waals surface area contributed by atoms with Gasteiger partial charge in [0.1, 0.15) is 11.5 Å². The van der Waals surface area contributed by atoms with E-state index in [-0.39, 0.29) is 5.82 Å². The molecular weight excluding hydrogens is 263 g/mol. The van der Waals surface area contributed by atoms with Gasteiger partial charge in [-0.1, -0.05) is 12.1 Å². The van der Waals surface area contributed by atoms with E-state index in [4.69, 9.17) is 5.73 Å². The first kappa shape index (κ1) is 11.9. The zero-order chi connectivity index (χ0) is 13.4. The van der Waals surface area contributed by atoms with Crippen molar-refractivity contribution in [2.75, 3.05) is 5.73 Å². The molecule has 0 unspecified atom stereocenters. The van der Waals surface area contributed by atoms with E-state index < -0.39 is 0 Å². The fourth-order valence-electron chi connectivity index (χ4n) is 1.94. The fourth-order valence-corrected chi connectivity index (χ4v) is 2.50. The number of hydrogen-bond donors (Lipinski definition) is 1. The minimum absolute atomic E-state index is 0.307. The predicted molar refractivity (Wildman–Crippen MR) is 73.8 cm³/mol. The average molecular weight is 274 g/mol. The molecule has 0 aliphatic rings. The molecule has 2 aromatic heterocycles. The second-order valence-electron chi connectivity index (χ2n) is 4.08. The van der Waals surface area contributed by atoms with Gasteiger partial charge in [0.05, 0.1) is 17.6 Å². The van der Waals surface area contributed by atoms with E-state index in [2.05, 4.69) is 10.1 Å². The fraction of sp³-hybridized carbons (Fsp3) is 0.0769. The zero-order valence-electron chi connectivity index (χ0n) is 10.2. The monoisotopic (exact) mass is 274 g/mol. The van der Waals surface area contributed by atoms with E-state index in [1.165, 1.54) is 17.4 Å². The molecule has 0 amide bonds. The van der Waals surface area contributed by atoms with Crippen LogP contribution < -0.4 is 5.73 Å². The number of hydrogen-bond acceptors (Lipinski definition) is 4. The number of halogens is 1. The highest BCUT2D eigenvalue weighted by molar-refractivity contribution is 7.13. The third-order valence-electron chi connectivity index (χ3n) is 2.89. The molecule has 0 saturated heterocycles. The Morgan fingerprint density at radius 3 is 2.79 bits per heavy atom. The molecule has 4 nitrogen and oxygen atoms in total. The first-order valence-corrected chi connectivity index (χ1v) is 6.55. The van der Waals surface area contributed by atoms with Crippen LogP contribution in [-0.2, 0) is 0 Å². The number of thiazole rings is 1. The van der Waals surface area contributed by atoms with E-state index in [9.17, 15) is 4.39 Å². The summed E-state index contributed by atoms with van der Waals surface area (Å²) in [6, 6.07) is 6.53. The third kappa shape index (κ3) is 2.00. The highest BCUT2D eigenvalue weighted by Crippen LogP contribution is 2.27. The summed E-state index contributed by atoms with van der Waals surface area (Å²) in [5.41, 5.74) is 8.51. The standard InChI is InChI=1S/C13H11FN4S/c1-8-9(11-7-19-13(15)17-11)6-16-18(8)12-5-3-2-4-10(12)14/h2-7H,1H3,(H2,15,17). The van der Waals surface area contributed by atoms with E-state index in [1.807, 2.05) is 12.3 Å². The summed E-state index contributed by atoms with van der Waals surface area (Å²) in [5.74, 6) is -0.307. The number of benzene rings is 1. The van der Waals surface area contributed by atoms with Crippen molar-refractivity contribution in [1.82, 2.24) is 14.8 Å². The van der Waals surface area contributed by atoms with Crippen molar-refractivity contribution in [3.05, 3.63) is 47.4 Å². The van der Waals surface area contributed by atoms with Gasteiger partial charge in [0, 0.05) is 10.9 Å². The molecule has 19 heavy (non-hydrogen) atoms. The van der Waals surface area contributed by atoms with Gasteiger partial charge in [0.2, 0.25) is 0 Å². The molecule has 0 saturated carbocycles. The number of aromatic nitrogens is 3. The molecule has 3 rings (SSSR count). The van der Waals surface area contributed by atoms with Gasteiger partial charge < -0.3 is 5.73 Å². The maximum atomic E-state index is 13.8. The summed E-state index contributed by atoms with van der Waals surface area (Å²) in [4.78, 5) is 4.22. The van der Waals surface area contributed by atoms with Gasteiger partial charge in [-0.25, -0.2) is 14.1 Å². The van der Waals surface area contributed by atoms with Crippen molar-refractivity contribution in [3.63, 3.8) is 0 Å². The largest absolute Gasteiger partial charge is 0.375 e. The van der Waals surface area contributed by atoms with E-state index >= 15 is 0 Å². The number of rotatable bonds is 2. The molecule has 2 heterocycles. The summed E-state index contributed by atoms with van der Waals surface area (Å²) >= 11 is 1.37. The molecule has 0 fully saturated rings. The predicted octanol–water partition coefficient (Wildman–Crippen LogP) is 3.03. The summed E-state index contributed by atoms with van der Waals surface area (Å²) < 4.78 is 15.3. The molecular formula is C13H11FN4S. The van der Waals surface area contributed by atoms with Crippen LogP contribution in [0.5, 0.6) is 0 Å². The van der Waals surface area contributed by atoms with Gasteiger partial charge in [0.25, 0.3) is 0 Å². The molecule has 0 bridgehead atoms. The van der Waals surface area contributed by atoms with E-state index in [1.54, 1.807) is 29.1 Å². The lowest BCUT2D eigenvalue weighted by atomic mass is 10.2. The van der Waals surface area contributed by atoms with Crippen LogP contribution in [-0.4, -0.2) is 14.8 Å². The van der Waals surface area contributed by atoms with Crippen LogP contribution in [0, 0.1) is 12.7 Å². The van der Waals surface area contributed by atoms with Gasteiger partial charge in [-0.3, -0.25) is 0 Å². The lowest BCUT2D eigenvalue weighted by Gasteiger charge is -2.05. The Bertz CT molecular complexity index is 732. The number of nitrogens with two attached hydrogens (primary N) is 1. The molecule has 96 valence electrons. The Hall–Kier alpha value is -2.21.